The molecule has 1 atom stereocenters. The Morgan fingerprint density at radius 1 is 1.36 bits per heavy atom. The lowest BCUT2D eigenvalue weighted by Gasteiger charge is -2.33. The lowest BCUT2D eigenvalue weighted by atomic mass is 9.94. The molecule has 0 aliphatic carbocycles. The van der Waals surface area contributed by atoms with Gasteiger partial charge < -0.3 is 10.1 Å². The minimum Gasteiger partial charge on any atom is -0.464 e. The first-order chi connectivity index (χ1) is 10.3. The van der Waals surface area contributed by atoms with Crippen LogP contribution in [-0.4, -0.2) is 30.5 Å². The van der Waals surface area contributed by atoms with Gasteiger partial charge >= 0.3 is 12.1 Å². The Balaban J connectivity index is 3.23. The van der Waals surface area contributed by atoms with Crippen LogP contribution in [0.1, 0.15) is 13.3 Å². The molecule has 0 heterocycles. The molecule has 22 heavy (non-hydrogen) atoms. The standard InChI is InChI=1S/C15H16F3NO2S/c1-4-10-14(15(16,17)18,13(20)21-5-2)19-11-6-8-12(22-3)9-7-11/h1,6-9,19H,5,10H2,2-3H3. The quantitative estimate of drug-likeness (QED) is 0.490. The summed E-state index contributed by atoms with van der Waals surface area (Å²) in [4.78, 5) is 12.8. The van der Waals surface area contributed by atoms with Gasteiger partial charge in [-0.25, -0.2) is 4.79 Å². The van der Waals surface area contributed by atoms with Gasteiger partial charge in [0.1, 0.15) is 0 Å². The number of esters is 1. The second-order valence-electron chi connectivity index (χ2n) is 4.36. The van der Waals surface area contributed by atoms with Crippen molar-refractivity contribution in [1.82, 2.24) is 0 Å². The monoisotopic (exact) mass is 331 g/mol. The molecule has 1 rings (SSSR count). The van der Waals surface area contributed by atoms with Gasteiger partial charge in [-0.2, -0.15) is 13.2 Å². The molecule has 0 amide bonds. The van der Waals surface area contributed by atoms with Gasteiger partial charge in [-0.1, -0.05) is 0 Å². The van der Waals surface area contributed by atoms with Crippen LogP contribution < -0.4 is 5.32 Å². The fraction of sp³-hybridized carbons (Fsp3) is 0.400. The average molecular weight is 331 g/mol. The van der Waals surface area contributed by atoms with E-state index in [2.05, 4.69) is 10.1 Å². The maximum atomic E-state index is 13.5. The van der Waals surface area contributed by atoms with Crippen molar-refractivity contribution in [3.8, 4) is 12.3 Å². The average Bonchev–Trinajstić information content (AvgIpc) is 2.46. The molecule has 0 spiro atoms. The molecule has 0 saturated heterocycles. The highest BCUT2D eigenvalue weighted by molar-refractivity contribution is 7.98. The summed E-state index contributed by atoms with van der Waals surface area (Å²) < 4.78 is 45.1. The zero-order chi connectivity index (χ0) is 16.8. The molecule has 3 nitrogen and oxygen atoms in total. The van der Waals surface area contributed by atoms with Crippen LogP contribution in [0.3, 0.4) is 0 Å². The zero-order valence-electron chi connectivity index (χ0n) is 12.2. The third-order valence-corrected chi connectivity index (χ3v) is 3.67. The summed E-state index contributed by atoms with van der Waals surface area (Å²) in [5, 5.41) is 2.22. The normalized spacial score (nSPS) is 13.8. The van der Waals surface area contributed by atoms with Gasteiger partial charge in [0.25, 0.3) is 0 Å². The molecule has 0 radical (unpaired) electrons. The Morgan fingerprint density at radius 3 is 2.36 bits per heavy atom. The maximum Gasteiger partial charge on any atom is 0.423 e. The summed E-state index contributed by atoms with van der Waals surface area (Å²) in [6.07, 6.45) is 1.13. The minimum atomic E-state index is -4.90. The number of anilines is 1. The van der Waals surface area contributed by atoms with Crippen LogP contribution in [0.15, 0.2) is 29.2 Å². The second-order valence-corrected chi connectivity index (χ2v) is 5.24. The molecule has 7 heteroatoms. The van der Waals surface area contributed by atoms with Crippen LogP contribution in [0.4, 0.5) is 18.9 Å². The molecule has 0 saturated carbocycles. The van der Waals surface area contributed by atoms with E-state index in [1.54, 1.807) is 12.1 Å². The van der Waals surface area contributed by atoms with Gasteiger partial charge in [-0.05, 0) is 37.4 Å². The molecule has 1 unspecified atom stereocenters. The van der Waals surface area contributed by atoms with Crippen molar-refractivity contribution in [3.63, 3.8) is 0 Å². The number of halogens is 3. The number of rotatable bonds is 6. The number of thioether (sulfide) groups is 1. The number of ether oxygens (including phenoxy) is 1. The van der Waals surface area contributed by atoms with Crippen molar-refractivity contribution in [2.45, 2.75) is 30.0 Å². The van der Waals surface area contributed by atoms with Gasteiger partial charge in [0.05, 0.1) is 13.0 Å². The molecule has 1 N–H and O–H groups in total. The van der Waals surface area contributed by atoms with Crippen LogP contribution in [0.5, 0.6) is 0 Å². The Labute approximate surface area is 131 Å². The SMILES string of the molecule is C#CCC(Nc1ccc(SC)cc1)(C(=O)OCC)C(F)(F)F. The summed E-state index contributed by atoms with van der Waals surface area (Å²) in [7, 11) is 0. The van der Waals surface area contributed by atoms with E-state index in [-0.39, 0.29) is 12.3 Å². The molecule has 1 aromatic carbocycles. The predicted octanol–water partition coefficient (Wildman–Crippen LogP) is 3.71. The van der Waals surface area contributed by atoms with E-state index >= 15 is 0 Å². The number of benzene rings is 1. The number of hydrogen-bond acceptors (Lipinski definition) is 4. The van der Waals surface area contributed by atoms with E-state index in [9.17, 15) is 18.0 Å². The summed E-state index contributed by atoms with van der Waals surface area (Å²) in [6, 6.07) is 6.22. The summed E-state index contributed by atoms with van der Waals surface area (Å²) >= 11 is 1.45. The van der Waals surface area contributed by atoms with Crippen molar-refractivity contribution in [3.05, 3.63) is 24.3 Å². The number of nitrogens with one attached hydrogen (secondary N) is 1. The van der Waals surface area contributed by atoms with E-state index in [1.165, 1.54) is 30.8 Å². The van der Waals surface area contributed by atoms with Gasteiger partial charge in [0.15, 0.2) is 0 Å². The van der Waals surface area contributed by atoms with Crippen molar-refractivity contribution in [2.24, 2.45) is 0 Å². The van der Waals surface area contributed by atoms with Gasteiger partial charge in [0.2, 0.25) is 5.54 Å². The van der Waals surface area contributed by atoms with Crippen LogP contribution in [0, 0.1) is 12.3 Å². The number of hydrogen-bond donors (Lipinski definition) is 1. The predicted molar refractivity (Wildman–Crippen MR) is 80.7 cm³/mol. The molecule has 0 aliphatic rings. The third kappa shape index (κ3) is 3.89. The van der Waals surface area contributed by atoms with Crippen LogP contribution in [-0.2, 0) is 9.53 Å². The van der Waals surface area contributed by atoms with E-state index in [0.29, 0.717) is 0 Å². The third-order valence-electron chi connectivity index (χ3n) is 2.92. The molecule has 0 aliphatic heterocycles. The van der Waals surface area contributed by atoms with Crippen LogP contribution in [0.25, 0.3) is 0 Å². The highest BCUT2D eigenvalue weighted by atomic mass is 32.2. The Hall–Kier alpha value is -1.81. The van der Waals surface area contributed by atoms with E-state index in [4.69, 9.17) is 6.42 Å². The Bertz CT molecular complexity index is 551. The first-order valence-electron chi connectivity index (χ1n) is 6.40. The number of alkyl halides is 3. The minimum absolute atomic E-state index is 0.137. The van der Waals surface area contributed by atoms with E-state index < -0.39 is 24.1 Å². The fourth-order valence-corrected chi connectivity index (χ4v) is 2.19. The fourth-order valence-electron chi connectivity index (χ4n) is 1.78. The maximum absolute atomic E-state index is 13.5. The molecule has 0 aromatic heterocycles. The highest BCUT2D eigenvalue weighted by Gasteiger charge is 2.61. The topological polar surface area (TPSA) is 38.3 Å². The number of carbonyl (C=O) groups is 1. The van der Waals surface area contributed by atoms with Gasteiger partial charge in [-0.3, -0.25) is 0 Å². The van der Waals surface area contributed by atoms with Crippen LogP contribution in [0.2, 0.25) is 0 Å². The second kappa shape index (κ2) is 7.45. The lowest BCUT2D eigenvalue weighted by Crippen LogP contribution is -2.58. The van der Waals surface area contributed by atoms with E-state index in [1.807, 2.05) is 12.2 Å². The zero-order valence-corrected chi connectivity index (χ0v) is 13.0. The van der Waals surface area contributed by atoms with Crippen molar-refractivity contribution in [1.29, 1.82) is 0 Å². The molecule has 1 aromatic rings. The van der Waals surface area contributed by atoms with Crippen molar-refractivity contribution < 1.29 is 22.7 Å². The van der Waals surface area contributed by atoms with Crippen LogP contribution >= 0.6 is 11.8 Å². The molecule has 0 bridgehead atoms. The Morgan fingerprint density at radius 2 is 1.95 bits per heavy atom. The van der Waals surface area contributed by atoms with Crippen molar-refractivity contribution >= 4 is 23.4 Å². The first-order valence-corrected chi connectivity index (χ1v) is 7.63. The van der Waals surface area contributed by atoms with Crippen molar-refractivity contribution in [2.75, 3.05) is 18.2 Å². The summed E-state index contributed by atoms with van der Waals surface area (Å²) in [6.45, 7) is 1.26. The Kier molecular flexibility index (Phi) is 6.18. The summed E-state index contributed by atoms with van der Waals surface area (Å²) in [5.41, 5.74) is -2.82. The molecular formula is C15H16F3NO2S. The molecule has 0 fully saturated rings. The number of terminal acetylenes is 1. The first kappa shape index (κ1) is 18.2. The van der Waals surface area contributed by atoms with Gasteiger partial charge in [0, 0.05) is 10.6 Å². The highest BCUT2D eigenvalue weighted by Crippen LogP contribution is 2.37. The lowest BCUT2D eigenvalue weighted by molar-refractivity contribution is -0.199. The van der Waals surface area contributed by atoms with E-state index in [0.717, 1.165) is 4.90 Å². The number of carbonyl (C=O) groups excluding carboxylic acids is 1. The van der Waals surface area contributed by atoms with Gasteiger partial charge in [-0.15, -0.1) is 24.1 Å². The smallest absolute Gasteiger partial charge is 0.423 e. The largest absolute Gasteiger partial charge is 0.464 e. The molecule has 120 valence electrons. The summed E-state index contributed by atoms with van der Waals surface area (Å²) in [5.74, 6) is 0.474. The molecular weight excluding hydrogens is 315 g/mol.